The van der Waals surface area contributed by atoms with Gasteiger partial charge in [0.15, 0.2) is 5.76 Å². The van der Waals surface area contributed by atoms with E-state index in [0.29, 0.717) is 6.54 Å². The lowest BCUT2D eigenvalue weighted by atomic mass is 10.2. The molecule has 21 heavy (non-hydrogen) atoms. The summed E-state index contributed by atoms with van der Waals surface area (Å²) >= 11 is 1.74. The zero-order valence-corrected chi connectivity index (χ0v) is 12.8. The van der Waals surface area contributed by atoms with Crippen molar-refractivity contribution >= 4 is 17.4 Å². The number of hydrogen-bond donors (Lipinski definition) is 2. The second kappa shape index (κ2) is 6.10. The van der Waals surface area contributed by atoms with Gasteiger partial charge in [0.05, 0.1) is 6.20 Å². The van der Waals surface area contributed by atoms with Crippen molar-refractivity contribution in [3.63, 3.8) is 0 Å². The lowest BCUT2D eigenvalue weighted by molar-refractivity contribution is 0.545. The molecule has 2 heterocycles. The van der Waals surface area contributed by atoms with Crippen LogP contribution in [-0.2, 0) is 6.54 Å². The first-order valence-corrected chi connectivity index (χ1v) is 7.96. The molecule has 0 bridgehead atoms. The smallest absolute Gasteiger partial charge is 0.152 e. The third-order valence-corrected chi connectivity index (χ3v) is 4.02. The molecule has 0 aliphatic rings. The van der Waals surface area contributed by atoms with E-state index in [4.69, 9.17) is 4.42 Å². The van der Waals surface area contributed by atoms with Crippen LogP contribution in [0, 0.1) is 6.92 Å². The summed E-state index contributed by atoms with van der Waals surface area (Å²) in [7, 11) is 0. The van der Waals surface area contributed by atoms with Crippen molar-refractivity contribution in [2.24, 2.45) is 0 Å². The molecule has 0 unspecified atom stereocenters. The first-order chi connectivity index (χ1) is 10.3. The number of thioether (sulfide) groups is 1. The van der Waals surface area contributed by atoms with Gasteiger partial charge in [-0.2, -0.15) is 5.10 Å². The number of nitrogens with one attached hydrogen (secondary N) is 2. The number of furan rings is 1. The molecule has 3 rings (SSSR count). The SMILES string of the molecule is CSc1ccc(NCc2cn[nH]c2-c2ccc(C)o2)cc1. The number of rotatable bonds is 5. The van der Waals surface area contributed by atoms with Crippen LogP contribution in [0.2, 0.25) is 0 Å². The molecule has 0 fully saturated rings. The maximum atomic E-state index is 5.65. The van der Waals surface area contributed by atoms with Gasteiger partial charge in [0.1, 0.15) is 11.5 Å². The van der Waals surface area contributed by atoms with Crippen molar-refractivity contribution in [2.75, 3.05) is 11.6 Å². The summed E-state index contributed by atoms with van der Waals surface area (Å²) in [5.74, 6) is 1.71. The molecule has 0 amide bonds. The predicted molar refractivity (Wildman–Crippen MR) is 86.6 cm³/mol. The van der Waals surface area contributed by atoms with Crippen molar-refractivity contribution in [2.45, 2.75) is 18.4 Å². The van der Waals surface area contributed by atoms with Gasteiger partial charge in [0.2, 0.25) is 0 Å². The zero-order chi connectivity index (χ0) is 14.7. The van der Waals surface area contributed by atoms with Gasteiger partial charge in [-0.05, 0) is 49.6 Å². The molecule has 2 N–H and O–H groups in total. The predicted octanol–water partition coefficient (Wildman–Crippen LogP) is 4.31. The molecule has 1 aromatic carbocycles. The summed E-state index contributed by atoms with van der Waals surface area (Å²) in [4.78, 5) is 1.26. The van der Waals surface area contributed by atoms with Gasteiger partial charge in [0, 0.05) is 22.7 Å². The maximum Gasteiger partial charge on any atom is 0.152 e. The lowest BCUT2D eigenvalue weighted by Crippen LogP contribution is -1.99. The minimum absolute atomic E-state index is 0.699. The summed E-state index contributed by atoms with van der Waals surface area (Å²) in [5.41, 5.74) is 3.10. The van der Waals surface area contributed by atoms with Crippen LogP contribution in [0.5, 0.6) is 0 Å². The molecule has 0 aliphatic carbocycles. The molecule has 0 atom stereocenters. The standard InChI is InChI=1S/C16H17N3OS/c1-11-3-8-15(20-11)16-12(10-18-19-16)9-17-13-4-6-14(21-2)7-5-13/h3-8,10,17H,9H2,1-2H3,(H,18,19). The summed E-state index contributed by atoms with van der Waals surface area (Å²) in [6, 6.07) is 12.3. The molecule has 0 spiro atoms. The van der Waals surface area contributed by atoms with Crippen LogP contribution in [0.3, 0.4) is 0 Å². The van der Waals surface area contributed by atoms with Crippen LogP contribution in [0.4, 0.5) is 5.69 Å². The first-order valence-electron chi connectivity index (χ1n) is 6.73. The average molecular weight is 299 g/mol. The zero-order valence-electron chi connectivity index (χ0n) is 12.0. The molecular weight excluding hydrogens is 282 g/mol. The van der Waals surface area contributed by atoms with Crippen LogP contribution in [0.25, 0.3) is 11.5 Å². The maximum absolute atomic E-state index is 5.65. The second-order valence-corrected chi connectivity index (χ2v) is 5.64. The van der Waals surface area contributed by atoms with E-state index in [2.05, 4.69) is 46.0 Å². The molecule has 4 nitrogen and oxygen atoms in total. The highest BCUT2D eigenvalue weighted by molar-refractivity contribution is 7.98. The Hall–Kier alpha value is -2.14. The molecule has 0 radical (unpaired) electrons. The summed E-state index contributed by atoms with van der Waals surface area (Å²) in [5, 5.41) is 10.5. The van der Waals surface area contributed by atoms with E-state index in [1.54, 1.807) is 11.8 Å². The largest absolute Gasteiger partial charge is 0.460 e. The van der Waals surface area contributed by atoms with Crippen molar-refractivity contribution < 1.29 is 4.42 Å². The summed E-state index contributed by atoms with van der Waals surface area (Å²) in [6.45, 7) is 2.63. The Morgan fingerprint density at radius 2 is 2.00 bits per heavy atom. The van der Waals surface area contributed by atoms with Crippen molar-refractivity contribution in [3.05, 3.63) is 53.9 Å². The fraction of sp³-hybridized carbons (Fsp3) is 0.188. The Morgan fingerprint density at radius 1 is 1.19 bits per heavy atom. The molecule has 0 saturated carbocycles. The third-order valence-electron chi connectivity index (χ3n) is 3.28. The van der Waals surface area contributed by atoms with E-state index in [-0.39, 0.29) is 0 Å². The Morgan fingerprint density at radius 3 is 2.67 bits per heavy atom. The van der Waals surface area contributed by atoms with Crippen LogP contribution in [0.15, 0.2) is 51.9 Å². The molecular formula is C16H17N3OS. The minimum atomic E-state index is 0.699. The number of H-pyrrole nitrogens is 1. The topological polar surface area (TPSA) is 53.9 Å². The highest BCUT2D eigenvalue weighted by Gasteiger charge is 2.10. The van der Waals surface area contributed by atoms with Gasteiger partial charge >= 0.3 is 0 Å². The fourth-order valence-electron chi connectivity index (χ4n) is 2.13. The number of aromatic amines is 1. The molecule has 5 heteroatoms. The number of hydrogen-bond acceptors (Lipinski definition) is 4. The molecule has 3 aromatic rings. The van der Waals surface area contributed by atoms with Crippen molar-refractivity contribution in [3.8, 4) is 11.5 Å². The fourth-order valence-corrected chi connectivity index (χ4v) is 2.54. The van der Waals surface area contributed by atoms with Crippen LogP contribution < -0.4 is 5.32 Å². The number of benzene rings is 1. The number of aryl methyl sites for hydroxylation is 1. The van der Waals surface area contributed by atoms with E-state index in [0.717, 1.165) is 28.5 Å². The lowest BCUT2D eigenvalue weighted by Gasteiger charge is -2.06. The van der Waals surface area contributed by atoms with E-state index in [1.807, 2.05) is 25.3 Å². The Labute approximate surface area is 128 Å². The first kappa shape index (κ1) is 13.8. The minimum Gasteiger partial charge on any atom is -0.460 e. The van der Waals surface area contributed by atoms with Gasteiger partial charge in [-0.25, -0.2) is 0 Å². The summed E-state index contributed by atoms with van der Waals surface area (Å²) in [6.07, 6.45) is 3.90. The molecule has 108 valence electrons. The third kappa shape index (κ3) is 3.13. The van der Waals surface area contributed by atoms with Gasteiger partial charge in [-0.3, -0.25) is 5.10 Å². The van der Waals surface area contributed by atoms with Crippen molar-refractivity contribution in [1.82, 2.24) is 10.2 Å². The molecule has 0 aliphatic heterocycles. The van der Waals surface area contributed by atoms with E-state index >= 15 is 0 Å². The quantitative estimate of drug-likeness (QED) is 0.689. The van der Waals surface area contributed by atoms with Crippen LogP contribution >= 0.6 is 11.8 Å². The molecule has 0 saturated heterocycles. The number of anilines is 1. The van der Waals surface area contributed by atoms with Gasteiger partial charge < -0.3 is 9.73 Å². The number of nitrogens with zero attached hydrogens (tertiary/aromatic N) is 1. The van der Waals surface area contributed by atoms with E-state index in [9.17, 15) is 0 Å². The van der Waals surface area contributed by atoms with Gasteiger partial charge in [-0.1, -0.05) is 0 Å². The second-order valence-electron chi connectivity index (χ2n) is 4.76. The normalized spacial score (nSPS) is 10.8. The van der Waals surface area contributed by atoms with Crippen LogP contribution in [0.1, 0.15) is 11.3 Å². The number of aromatic nitrogens is 2. The monoisotopic (exact) mass is 299 g/mol. The highest BCUT2D eigenvalue weighted by atomic mass is 32.2. The van der Waals surface area contributed by atoms with E-state index < -0.39 is 0 Å². The van der Waals surface area contributed by atoms with Gasteiger partial charge in [0.25, 0.3) is 0 Å². The van der Waals surface area contributed by atoms with Crippen molar-refractivity contribution in [1.29, 1.82) is 0 Å². The van der Waals surface area contributed by atoms with Gasteiger partial charge in [-0.15, -0.1) is 11.8 Å². The molecule has 2 aromatic heterocycles. The Bertz CT molecular complexity index is 715. The average Bonchev–Trinajstić information content (AvgIpc) is 3.14. The van der Waals surface area contributed by atoms with E-state index in [1.165, 1.54) is 4.90 Å². The Kier molecular flexibility index (Phi) is 4.01. The van der Waals surface area contributed by atoms with Crippen LogP contribution in [-0.4, -0.2) is 16.5 Å². The Balaban J connectivity index is 1.72. The summed E-state index contributed by atoms with van der Waals surface area (Å²) < 4.78 is 5.65. The highest BCUT2D eigenvalue weighted by Crippen LogP contribution is 2.24.